The van der Waals surface area contributed by atoms with Crippen molar-refractivity contribution in [3.8, 4) is 22.8 Å². The summed E-state index contributed by atoms with van der Waals surface area (Å²) in [5, 5.41) is 1.08. The summed E-state index contributed by atoms with van der Waals surface area (Å²) in [6.07, 6.45) is 0. The van der Waals surface area contributed by atoms with Crippen molar-refractivity contribution in [1.29, 1.82) is 0 Å². The maximum Gasteiger partial charge on any atom is 0.145 e. The van der Waals surface area contributed by atoms with E-state index < -0.39 is 0 Å². The van der Waals surface area contributed by atoms with Crippen LogP contribution in [-0.2, 0) is 6.61 Å². The predicted octanol–water partition coefficient (Wildman–Crippen LogP) is 3.80. The zero-order valence-corrected chi connectivity index (χ0v) is 11.1. The summed E-state index contributed by atoms with van der Waals surface area (Å²) in [4.78, 5) is 4.82. The average molecular weight is 263 g/mol. The molecule has 0 fully saturated rings. The topological polar surface area (TPSA) is 31.4 Å². The summed E-state index contributed by atoms with van der Waals surface area (Å²) in [6, 6.07) is 16.1. The molecule has 2 aromatic carbocycles. The molecule has 0 radical (unpaired) electrons. The van der Waals surface area contributed by atoms with Crippen molar-refractivity contribution in [1.82, 2.24) is 4.98 Å². The van der Waals surface area contributed by atoms with Crippen LogP contribution in [0.2, 0.25) is 0 Å². The lowest BCUT2D eigenvalue weighted by atomic mass is 10.0. The Morgan fingerprint density at radius 2 is 2.00 bits per heavy atom. The summed E-state index contributed by atoms with van der Waals surface area (Å²) in [6.45, 7) is 0.562. The number of ether oxygens (including phenoxy) is 2. The lowest BCUT2D eigenvalue weighted by molar-refractivity contribution is 0.301. The first kappa shape index (κ1) is 11.3. The fourth-order valence-corrected chi connectivity index (χ4v) is 2.67. The van der Waals surface area contributed by atoms with E-state index in [-0.39, 0.29) is 0 Å². The molecule has 0 spiro atoms. The van der Waals surface area contributed by atoms with Crippen LogP contribution in [0.5, 0.6) is 11.5 Å². The SMILES string of the molecule is COc1cccc2cc3c(nc12)-c1ccccc1OC3. The van der Waals surface area contributed by atoms with E-state index in [1.165, 1.54) is 0 Å². The number of methoxy groups -OCH3 is 1. The standard InChI is InChI=1S/C17H13NO2/c1-19-15-8-4-5-11-9-12-10-20-14-7-3-2-6-13(14)16(12)18-17(11)15/h2-9H,10H2,1H3. The molecule has 0 amide bonds. The summed E-state index contributed by atoms with van der Waals surface area (Å²) >= 11 is 0. The number of fused-ring (bicyclic) bond motifs is 4. The van der Waals surface area contributed by atoms with Crippen LogP contribution >= 0.6 is 0 Å². The van der Waals surface area contributed by atoms with Crippen molar-refractivity contribution >= 4 is 10.9 Å². The largest absolute Gasteiger partial charge is 0.494 e. The van der Waals surface area contributed by atoms with Gasteiger partial charge in [0.25, 0.3) is 0 Å². The van der Waals surface area contributed by atoms with Crippen molar-refractivity contribution in [3.63, 3.8) is 0 Å². The second-order valence-electron chi connectivity index (χ2n) is 4.81. The van der Waals surface area contributed by atoms with Gasteiger partial charge < -0.3 is 9.47 Å². The smallest absolute Gasteiger partial charge is 0.145 e. The Kier molecular flexibility index (Phi) is 2.39. The van der Waals surface area contributed by atoms with E-state index in [0.717, 1.165) is 39.2 Å². The molecule has 0 atom stereocenters. The number of rotatable bonds is 1. The summed E-state index contributed by atoms with van der Waals surface area (Å²) in [5.74, 6) is 1.69. The second-order valence-corrected chi connectivity index (χ2v) is 4.81. The van der Waals surface area contributed by atoms with Gasteiger partial charge in [-0.05, 0) is 24.3 Å². The first-order valence-electron chi connectivity index (χ1n) is 6.55. The predicted molar refractivity (Wildman–Crippen MR) is 78.1 cm³/mol. The van der Waals surface area contributed by atoms with Gasteiger partial charge in [-0.2, -0.15) is 0 Å². The van der Waals surface area contributed by atoms with Crippen LogP contribution in [0, 0.1) is 0 Å². The van der Waals surface area contributed by atoms with Gasteiger partial charge in [0.2, 0.25) is 0 Å². The molecule has 3 nitrogen and oxygen atoms in total. The Labute approximate surface area is 116 Å². The summed E-state index contributed by atoms with van der Waals surface area (Å²) < 4.78 is 11.2. The van der Waals surface area contributed by atoms with Crippen molar-refractivity contribution in [2.24, 2.45) is 0 Å². The molecule has 4 rings (SSSR count). The molecule has 0 N–H and O–H groups in total. The highest BCUT2D eigenvalue weighted by molar-refractivity contribution is 5.89. The normalized spacial score (nSPS) is 12.4. The molecular formula is C17H13NO2. The molecule has 0 saturated heterocycles. The van der Waals surface area contributed by atoms with Gasteiger partial charge in [-0.25, -0.2) is 4.98 Å². The zero-order valence-electron chi connectivity index (χ0n) is 11.1. The molecule has 1 aliphatic rings. The number of nitrogens with zero attached hydrogens (tertiary/aromatic N) is 1. The minimum absolute atomic E-state index is 0.562. The molecule has 0 saturated carbocycles. The van der Waals surface area contributed by atoms with E-state index in [0.29, 0.717) is 6.61 Å². The quantitative estimate of drug-likeness (QED) is 0.669. The molecule has 1 aliphatic heterocycles. The van der Waals surface area contributed by atoms with Crippen molar-refractivity contribution in [2.75, 3.05) is 7.11 Å². The van der Waals surface area contributed by atoms with Crippen molar-refractivity contribution in [2.45, 2.75) is 6.61 Å². The molecule has 0 unspecified atom stereocenters. The van der Waals surface area contributed by atoms with Gasteiger partial charge in [-0.15, -0.1) is 0 Å². The number of hydrogen-bond donors (Lipinski definition) is 0. The lowest BCUT2D eigenvalue weighted by Crippen LogP contribution is -2.07. The van der Waals surface area contributed by atoms with Crippen LogP contribution < -0.4 is 9.47 Å². The van der Waals surface area contributed by atoms with E-state index in [4.69, 9.17) is 14.5 Å². The Bertz CT molecular complexity index is 811. The fraction of sp³-hybridized carbons (Fsp3) is 0.118. The molecule has 3 heteroatoms. The molecule has 0 bridgehead atoms. The maximum absolute atomic E-state index is 5.78. The van der Waals surface area contributed by atoms with E-state index in [2.05, 4.69) is 6.07 Å². The maximum atomic E-state index is 5.78. The molecule has 3 aromatic rings. The molecule has 1 aromatic heterocycles. The Hall–Kier alpha value is -2.55. The van der Waals surface area contributed by atoms with Crippen molar-refractivity contribution < 1.29 is 9.47 Å². The van der Waals surface area contributed by atoms with Gasteiger partial charge in [0, 0.05) is 16.5 Å². The molecule has 2 heterocycles. The lowest BCUT2D eigenvalue weighted by Gasteiger charge is -2.20. The third kappa shape index (κ3) is 1.56. The van der Waals surface area contributed by atoms with Crippen molar-refractivity contribution in [3.05, 3.63) is 54.1 Å². The van der Waals surface area contributed by atoms with Crippen LogP contribution in [0.4, 0.5) is 0 Å². The molecule has 98 valence electrons. The van der Waals surface area contributed by atoms with Crippen LogP contribution in [0.15, 0.2) is 48.5 Å². The Morgan fingerprint density at radius 1 is 1.10 bits per heavy atom. The number of pyridine rings is 1. The van der Waals surface area contributed by atoms with Gasteiger partial charge >= 0.3 is 0 Å². The highest BCUT2D eigenvalue weighted by Gasteiger charge is 2.19. The van der Waals surface area contributed by atoms with E-state index in [1.54, 1.807) is 7.11 Å². The van der Waals surface area contributed by atoms with Crippen LogP contribution in [0.1, 0.15) is 5.56 Å². The van der Waals surface area contributed by atoms with Gasteiger partial charge in [-0.3, -0.25) is 0 Å². The first-order valence-corrected chi connectivity index (χ1v) is 6.55. The highest BCUT2D eigenvalue weighted by Crippen LogP contribution is 2.38. The summed E-state index contributed by atoms with van der Waals surface area (Å²) in [7, 11) is 1.67. The molecule has 0 aliphatic carbocycles. The molecule has 20 heavy (non-hydrogen) atoms. The third-order valence-corrected chi connectivity index (χ3v) is 3.63. The van der Waals surface area contributed by atoms with Gasteiger partial charge in [0.15, 0.2) is 0 Å². The molecular weight excluding hydrogens is 250 g/mol. The van der Waals surface area contributed by atoms with Crippen LogP contribution in [-0.4, -0.2) is 12.1 Å². The van der Waals surface area contributed by atoms with Crippen LogP contribution in [0.25, 0.3) is 22.2 Å². The van der Waals surface area contributed by atoms with Crippen LogP contribution in [0.3, 0.4) is 0 Å². The van der Waals surface area contributed by atoms with E-state index in [9.17, 15) is 0 Å². The first-order chi connectivity index (χ1) is 9.86. The third-order valence-electron chi connectivity index (χ3n) is 3.63. The monoisotopic (exact) mass is 263 g/mol. The Balaban J connectivity index is 2.05. The minimum atomic E-state index is 0.562. The highest BCUT2D eigenvalue weighted by atomic mass is 16.5. The number of benzene rings is 2. The number of hydrogen-bond acceptors (Lipinski definition) is 3. The number of para-hydroxylation sites is 2. The fourth-order valence-electron chi connectivity index (χ4n) is 2.67. The van der Waals surface area contributed by atoms with E-state index in [1.807, 2.05) is 42.5 Å². The zero-order chi connectivity index (χ0) is 13.5. The second kappa shape index (κ2) is 4.23. The van der Waals surface area contributed by atoms with Gasteiger partial charge in [-0.1, -0.05) is 24.3 Å². The Morgan fingerprint density at radius 3 is 2.90 bits per heavy atom. The number of aromatic nitrogens is 1. The average Bonchev–Trinajstić information content (AvgIpc) is 2.52. The van der Waals surface area contributed by atoms with E-state index >= 15 is 0 Å². The summed E-state index contributed by atoms with van der Waals surface area (Å²) in [5.41, 5.74) is 4.04. The van der Waals surface area contributed by atoms with Gasteiger partial charge in [0.05, 0.1) is 12.8 Å². The van der Waals surface area contributed by atoms with Gasteiger partial charge in [0.1, 0.15) is 23.6 Å². The minimum Gasteiger partial charge on any atom is -0.494 e.